The third-order valence-corrected chi connectivity index (χ3v) is 6.80. The van der Waals surface area contributed by atoms with Gasteiger partial charge in [0.2, 0.25) is 5.78 Å². The minimum atomic E-state index is -1.77. The van der Waals surface area contributed by atoms with E-state index in [0.717, 1.165) is 5.56 Å². The molecule has 1 amide bonds. The zero-order chi connectivity index (χ0) is 27.6. The Morgan fingerprint density at radius 3 is 2.34 bits per heavy atom. The van der Waals surface area contributed by atoms with E-state index in [9.17, 15) is 14.7 Å². The zero-order valence-corrected chi connectivity index (χ0v) is 22.5. The van der Waals surface area contributed by atoms with Gasteiger partial charge in [0.15, 0.2) is 22.8 Å². The standard InChI is InChI=1S/C29H28ClNO7/c1-17-11-21(26(38-5)22(30)12-17)27(33)29(19-9-10-24(36-3)25(14-19)37-4)15-23(32)28(34)31(29)16-18-7-6-8-20(13-18)35-2/h6-15,32H,16H2,1-5H3. The first-order valence-corrected chi connectivity index (χ1v) is 12.1. The van der Waals surface area contributed by atoms with Gasteiger partial charge in [-0.05, 0) is 60.0 Å². The van der Waals surface area contributed by atoms with Crippen molar-refractivity contribution in [3.05, 3.63) is 93.7 Å². The summed E-state index contributed by atoms with van der Waals surface area (Å²) < 4.78 is 21.7. The van der Waals surface area contributed by atoms with Crippen LogP contribution in [0.5, 0.6) is 23.0 Å². The van der Waals surface area contributed by atoms with Crippen molar-refractivity contribution in [3.8, 4) is 23.0 Å². The highest BCUT2D eigenvalue weighted by atomic mass is 35.5. The van der Waals surface area contributed by atoms with Crippen molar-refractivity contribution in [1.29, 1.82) is 0 Å². The molecule has 4 rings (SSSR count). The summed E-state index contributed by atoms with van der Waals surface area (Å²) in [5, 5.41) is 11.0. The molecule has 0 saturated heterocycles. The van der Waals surface area contributed by atoms with E-state index in [4.69, 9.17) is 30.5 Å². The highest BCUT2D eigenvalue weighted by Crippen LogP contribution is 2.46. The van der Waals surface area contributed by atoms with Crippen molar-refractivity contribution in [2.24, 2.45) is 0 Å². The third kappa shape index (κ3) is 4.52. The van der Waals surface area contributed by atoms with Crippen LogP contribution < -0.4 is 18.9 Å². The van der Waals surface area contributed by atoms with Crippen LogP contribution in [0.2, 0.25) is 5.02 Å². The molecule has 1 atom stereocenters. The van der Waals surface area contributed by atoms with Crippen LogP contribution in [0, 0.1) is 6.92 Å². The number of ketones is 1. The van der Waals surface area contributed by atoms with Gasteiger partial charge in [0.05, 0.1) is 39.0 Å². The Labute approximate surface area is 225 Å². The number of amides is 1. The number of benzene rings is 3. The second-order valence-electron chi connectivity index (χ2n) is 8.77. The molecule has 3 aromatic carbocycles. The number of halogens is 1. The summed E-state index contributed by atoms with van der Waals surface area (Å²) >= 11 is 6.45. The summed E-state index contributed by atoms with van der Waals surface area (Å²) in [6.45, 7) is 1.78. The number of aryl methyl sites for hydroxylation is 1. The topological polar surface area (TPSA) is 94.5 Å². The summed E-state index contributed by atoms with van der Waals surface area (Å²) in [7, 11) is 5.93. The van der Waals surface area contributed by atoms with E-state index < -0.39 is 23.0 Å². The Kier molecular flexibility index (Phi) is 7.55. The molecule has 38 heavy (non-hydrogen) atoms. The second-order valence-corrected chi connectivity index (χ2v) is 9.17. The molecule has 1 unspecified atom stereocenters. The maximum Gasteiger partial charge on any atom is 0.290 e. The predicted molar refractivity (Wildman–Crippen MR) is 143 cm³/mol. The minimum absolute atomic E-state index is 0.0153. The SMILES string of the molecule is COc1cccc(CN2C(=O)C(O)=CC2(C(=O)c2cc(C)cc(Cl)c2OC)c2ccc(OC)c(OC)c2)c1. The number of nitrogens with zero attached hydrogens (tertiary/aromatic N) is 1. The molecule has 0 aromatic heterocycles. The van der Waals surface area contributed by atoms with Crippen LogP contribution in [-0.4, -0.2) is 50.1 Å². The lowest BCUT2D eigenvalue weighted by atomic mass is 9.81. The molecule has 0 spiro atoms. The number of aliphatic hydroxyl groups excluding tert-OH is 1. The molecule has 0 saturated carbocycles. The van der Waals surface area contributed by atoms with Gasteiger partial charge in [-0.2, -0.15) is 0 Å². The first kappa shape index (κ1) is 26.9. The van der Waals surface area contributed by atoms with E-state index in [2.05, 4.69) is 0 Å². The first-order valence-electron chi connectivity index (χ1n) is 11.7. The van der Waals surface area contributed by atoms with Crippen molar-refractivity contribution < 1.29 is 33.6 Å². The Morgan fingerprint density at radius 1 is 0.947 bits per heavy atom. The number of hydrogen-bond donors (Lipinski definition) is 1. The second kappa shape index (κ2) is 10.7. The quantitative estimate of drug-likeness (QED) is 0.373. The molecule has 9 heteroatoms. The Bertz CT molecular complexity index is 1430. The number of carbonyl (C=O) groups excluding carboxylic acids is 2. The number of methoxy groups -OCH3 is 4. The number of rotatable bonds is 9. The molecular formula is C29H28ClNO7. The van der Waals surface area contributed by atoms with E-state index in [0.29, 0.717) is 28.4 Å². The maximum atomic E-state index is 14.6. The first-order chi connectivity index (χ1) is 18.2. The fraction of sp³-hybridized carbons (Fsp3) is 0.241. The van der Waals surface area contributed by atoms with Crippen LogP contribution >= 0.6 is 11.6 Å². The lowest BCUT2D eigenvalue weighted by Gasteiger charge is -2.37. The van der Waals surface area contributed by atoms with E-state index in [1.807, 2.05) is 0 Å². The number of ether oxygens (including phenoxy) is 4. The highest BCUT2D eigenvalue weighted by molar-refractivity contribution is 6.33. The molecule has 0 bridgehead atoms. The normalized spacial score (nSPS) is 16.7. The number of hydrogen-bond acceptors (Lipinski definition) is 7. The number of carbonyl (C=O) groups is 2. The van der Waals surface area contributed by atoms with Crippen LogP contribution in [0.25, 0.3) is 0 Å². The lowest BCUT2D eigenvalue weighted by Crippen LogP contribution is -2.49. The van der Waals surface area contributed by atoms with Gasteiger partial charge >= 0.3 is 0 Å². The van der Waals surface area contributed by atoms with Gasteiger partial charge < -0.3 is 29.0 Å². The largest absolute Gasteiger partial charge is 0.503 e. The van der Waals surface area contributed by atoms with Crippen LogP contribution in [0.1, 0.15) is 27.0 Å². The summed E-state index contributed by atoms with van der Waals surface area (Å²) in [6, 6.07) is 15.4. The van der Waals surface area contributed by atoms with Gasteiger partial charge in [-0.15, -0.1) is 0 Å². The predicted octanol–water partition coefficient (Wildman–Crippen LogP) is 5.25. The molecule has 198 valence electrons. The van der Waals surface area contributed by atoms with Crippen LogP contribution in [0.3, 0.4) is 0 Å². The third-order valence-electron chi connectivity index (χ3n) is 6.52. The van der Waals surface area contributed by atoms with Gasteiger partial charge in [-0.1, -0.05) is 29.8 Å². The van der Waals surface area contributed by atoms with Gasteiger partial charge in [-0.3, -0.25) is 9.59 Å². The Morgan fingerprint density at radius 2 is 1.68 bits per heavy atom. The smallest absolute Gasteiger partial charge is 0.290 e. The molecule has 1 heterocycles. The van der Waals surface area contributed by atoms with Crippen molar-refractivity contribution in [2.45, 2.75) is 19.0 Å². The highest BCUT2D eigenvalue weighted by Gasteiger charge is 2.53. The minimum Gasteiger partial charge on any atom is -0.503 e. The molecule has 0 radical (unpaired) electrons. The van der Waals surface area contributed by atoms with Gasteiger partial charge in [0, 0.05) is 12.6 Å². The molecule has 1 N–H and O–H groups in total. The fourth-order valence-corrected chi connectivity index (χ4v) is 5.08. The Balaban J connectivity index is 2.01. The van der Waals surface area contributed by atoms with Gasteiger partial charge in [-0.25, -0.2) is 0 Å². The van der Waals surface area contributed by atoms with Crippen molar-refractivity contribution in [1.82, 2.24) is 4.90 Å². The zero-order valence-electron chi connectivity index (χ0n) is 21.7. The molecule has 8 nitrogen and oxygen atoms in total. The molecular weight excluding hydrogens is 510 g/mol. The van der Waals surface area contributed by atoms with Crippen LogP contribution in [-0.2, 0) is 16.9 Å². The van der Waals surface area contributed by atoms with E-state index in [1.165, 1.54) is 32.3 Å². The molecule has 0 aliphatic carbocycles. The fourth-order valence-electron chi connectivity index (χ4n) is 4.73. The van der Waals surface area contributed by atoms with Crippen molar-refractivity contribution in [2.75, 3.05) is 28.4 Å². The van der Waals surface area contributed by atoms with Crippen LogP contribution in [0.15, 0.2) is 66.4 Å². The van der Waals surface area contributed by atoms with Gasteiger partial charge in [0.25, 0.3) is 5.91 Å². The summed E-state index contributed by atoms with van der Waals surface area (Å²) in [6.07, 6.45) is 1.26. The Hall–Kier alpha value is -4.17. The van der Waals surface area contributed by atoms with Crippen molar-refractivity contribution >= 4 is 23.3 Å². The summed E-state index contributed by atoms with van der Waals surface area (Å²) in [5.74, 6) is -0.265. The average Bonchev–Trinajstić information content (AvgIpc) is 3.17. The molecule has 1 aliphatic heterocycles. The molecule has 1 aliphatic rings. The van der Waals surface area contributed by atoms with Crippen LogP contribution in [0.4, 0.5) is 0 Å². The molecule has 3 aromatic rings. The van der Waals surface area contributed by atoms with E-state index >= 15 is 0 Å². The van der Waals surface area contributed by atoms with Gasteiger partial charge in [0.1, 0.15) is 11.5 Å². The monoisotopic (exact) mass is 537 g/mol. The maximum absolute atomic E-state index is 14.6. The summed E-state index contributed by atoms with van der Waals surface area (Å²) in [5.41, 5.74) is 0.168. The average molecular weight is 538 g/mol. The number of aliphatic hydroxyl groups is 1. The van der Waals surface area contributed by atoms with Crippen molar-refractivity contribution in [3.63, 3.8) is 0 Å². The lowest BCUT2D eigenvalue weighted by molar-refractivity contribution is -0.131. The number of Topliss-reactive ketones (excluding diaryl/α,β-unsaturated/α-hetero) is 1. The summed E-state index contributed by atoms with van der Waals surface area (Å²) in [4.78, 5) is 29.4. The molecule has 0 fully saturated rings. The van der Waals surface area contributed by atoms with E-state index in [1.54, 1.807) is 68.6 Å². The van der Waals surface area contributed by atoms with E-state index in [-0.39, 0.29) is 22.9 Å².